The molecule has 1 unspecified atom stereocenters. The van der Waals surface area contributed by atoms with Crippen LogP contribution in [0.3, 0.4) is 0 Å². The highest BCUT2D eigenvalue weighted by Crippen LogP contribution is 2.37. The van der Waals surface area contributed by atoms with Gasteiger partial charge in [-0.25, -0.2) is 4.39 Å². The first-order chi connectivity index (χ1) is 20.1. The molecule has 1 N–H and O–H groups in total. The van der Waals surface area contributed by atoms with Crippen LogP contribution >= 0.6 is 0 Å². The molecule has 3 aromatic carbocycles. The van der Waals surface area contributed by atoms with E-state index in [4.69, 9.17) is 19.6 Å². The van der Waals surface area contributed by atoms with E-state index in [2.05, 4.69) is 4.90 Å². The van der Waals surface area contributed by atoms with E-state index in [1.165, 1.54) is 18.5 Å². The Morgan fingerprint density at radius 2 is 1.57 bits per heavy atom. The van der Waals surface area contributed by atoms with Gasteiger partial charge in [0, 0.05) is 57.8 Å². The predicted molar refractivity (Wildman–Crippen MR) is 165 cm³/mol. The van der Waals surface area contributed by atoms with Crippen LogP contribution in [0.1, 0.15) is 34.0 Å². The molecule has 3 rings (SSSR count). The Balaban J connectivity index is 1.93. The smallest absolute Gasteiger partial charge is 0.153 e. The molecular formula is C33H41FN4O4. The van der Waals surface area contributed by atoms with E-state index in [1.807, 2.05) is 70.4 Å². The number of benzene rings is 3. The van der Waals surface area contributed by atoms with Crippen molar-refractivity contribution in [2.45, 2.75) is 33.0 Å². The summed E-state index contributed by atoms with van der Waals surface area (Å²) in [7, 11) is 9.04. The first-order valence-electron chi connectivity index (χ1n) is 13.6. The number of methoxy groups -OCH3 is 2. The highest BCUT2D eigenvalue weighted by molar-refractivity contribution is 5.87. The van der Waals surface area contributed by atoms with E-state index in [1.54, 1.807) is 37.5 Å². The first kappa shape index (κ1) is 32.1. The number of nitrogens with zero attached hydrogens (tertiary/aromatic N) is 3. The Morgan fingerprint density at radius 1 is 0.905 bits per heavy atom. The van der Waals surface area contributed by atoms with Crippen molar-refractivity contribution < 1.29 is 23.4 Å². The monoisotopic (exact) mass is 576 g/mol. The highest BCUT2D eigenvalue weighted by Gasteiger charge is 2.20. The van der Waals surface area contributed by atoms with E-state index >= 15 is 0 Å². The number of ether oxygens (including phenoxy) is 3. The molecule has 224 valence electrons. The number of carbonyl (C=O) groups excluding carboxylic acids is 1. The second-order valence-electron chi connectivity index (χ2n) is 10.5. The lowest BCUT2D eigenvalue weighted by atomic mass is 9.95. The number of aryl methyl sites for hydroxylation is 1. The third kappa shape index (κ3) is 8.81. The van der Waals surface area contributed by atoms with Crippen molar-refractivity contribution in [3.8, 4) is 28.4 Å². The van der Waals surface area contributed by atoms with Crippen LogP contribution in [0.5, 0.6) is 17.2 Å². The van der Waals surface area contributed by atoms with Gasteiger partial charge in [0.1, 0.15) is 29.2 Å². The zero-order valence-electron chi connectivity index (χ0n) is 25.5. The van der Waals surface area contributed by atoms with Crippen LogP contribution in [0.4, 0.5) is 4.39 Å². The molecule has 1 atom stereocenters. The molecule has 0 saturated carbocycles. The van der Waals surface area contributed by atoms with Crippen molar-refractivity contribution in [3.05, 3.63) is 89.0 Å². The number of aldehydes is 1. The lowest BCUT2D eigenvalue weighted by molar-refractivity contribution is 0.111. The average molecular weight is 577 g/mol. The summed E-state index contributed by atoms with van der Waals surface area (Å²) < 4.78 is 31.3. The minimum Gasteiger partial charge on any atom is -0.497 e. The molecule has 0 saturated heterocycles. The van der Waals surface area contributed by atoms with Gasteiger partial charge < -0.3 is 24.0 Å². The third-order valence-corrected chi connectivity index (χ3v) is 6.62. The zero-order chi connectivity index (χ0) is 30.8. The van der Waals surface area contributed by atoms with Crippen LogP contribution in [0.15, 0.2) is 60.9 Å². The van der Waals surface area contributed by atoms with E-state index in [-0.39, 0.29) is 11.9 Å². The van der Waals surface area contributed by atoms with Crippen molar-refractivity contribution >= 4 is 12.6 Å². The van der Waals surface area contributed by atoms with Gasteiger partial charge in [-0.3, -0.25) is 15.1 Å². The molecule has 3 aromatic rings. The number of halogens is 1. The topological polar surface area (TPSA) is 78.3 Å². The molecule has 42 heavy (non-hydrogen) atoms. The maximum absolute atomic E-state index is 14.0. The molecule has 0 fully saturated rings. The van der Waals surface area contributed by atoms with E-state index in [9.17, 15) is 9.18 Å². The summed E-state index contributed by atoms with van der Waals surface area (Å²) in [4.78, 5) is 18.1. The second kappa shape index (κ2) is 15.0. The van der Waals surface area contributed by atoms with Crippen LogP contribution < -0.4 is 14.2 Å². The van der Waals surface area contributed by atoms with Crippen molar-refractivity contribution in [2.75, 3.05) is 41.9 Å². The van der Waals surface area contributed by atoms with Gasteiger partial charge in [0.2, 0.25) is 0 Å². The molecule has 0 aliphatic heterocycles. The maximum atomic E-state index is 14.0. The Kier molecular flexibility index (Phi) is 11.5. The number of nitrogens with one attached hydrogen (secondary N) is 1. The van der Waals surface area contributed by atoms with Crippen molar-refractivity contribution in [1.82, 2.24) is 14.7 Å². The maximum Gasteiger partial charge on any atom is 0.153 e. The Labute approximate surface area is 248 Å². The molecular weight excluding hydrogens is 535 g/mol. The molecule has 0 amide bonds. The van der Waals surface area contributed by atoms with Crippen molar-refractivity contribution in [1.29, 1.82) is 5.41 Å². The van der Waals surface area contributed by atoms with E-state index in [0.29, 0.717) is 36.5 Å². The van der Waals surface area contributed by atoms with Gasteiger partial charge in [0.25, 0.3) is 0 Å². The number of hydrogen-bond donors (Lipinski definition) is 1. The standard InChI is InChI=1S/C33H41FN4O4/c1-23-12-28(34)8-9-31(23)32-16-25(20-38(22-35)11-10-36(3)4)13-27(21-39)33(32)42-24(2)18-37(5)19-26-14-29(40-6)17-30(15-26)41-7/h8-17,21-22,24,35H,18-20H2,1-7H3/b11-10-,35-22?. The fourth-order valence-corrected chi connectivity index (χ4v) is 4.74. The Bertz CT molecular complexity index is 1390. The molecule has 0 aliphatic carbocycles. The number of carbonyl (C=O) groups is 1. The molecule has 0 aromatic heterocycles. The van der Waals surface area contributed by atoms with Gasteiger partial charge >= 0.3 is 0 Å². The summed E-state index contributed by atoms with van der Waals surface area (Å²) in [5, 5.41) is 7.83. The summed E-state index contributed by atoms with van der Waals surface area (Å²) in [6.45, 7) is 5.35. The van der Waals surface area contributed by atoms with Crippen LogP contribution in [0.2, 0.25) is 0 Å². The second-order valence-corrected chi connectivity index (χ2v) is 10.5. The van der Waals surface area contributed by atoms with Crippen molar-refractivity contribution in [2.24, 2.45) is 0 Å². The lowest BCUT2D eigenvalue weighted by Crippen LogP contribution is -2.31. The average Bonchev–Trinajstić information content (AvgIpc) is 2.95. The molecule has 0 aliphatic rings. The highest BCUT2D eigenvalue weighted by atomic mass is 19.1. The summed E-state index contributed by atoms with van der Waals surface area (Å²) in [6, 6.07) is 14.1. The van der Waals surface area contributed by atoms with Gasteiger partial charge in [0.05, 0.1) is 26.1 Å². The van der Waals surface area contributed by atoms with E-state index in [0.717, 1.165) is 40.0 Å². The van der Waals surface area contributed by atoms with Gasteiger partial charge in [-0.2, -0.15) is 0 Å². The van der Waals surface area contributed by atoms with Gasteiger partial charge in [0.15, 0.2) is 6.29 Å². The summed E-state index contributed by atoms with van der Waals surface area (Å²) in [5.41, 5.74) is 4.42. The SMILES string of the molecule is COc1cc(CN(C)CC(C)Oc2c(C=O)cc(CN(C=N)/C=C\N(C)C)cc2-c2ccc(F)cc2C)cc(OC)c1. The van der Waals surface area contributed by atoms with E-state index < -0.39 is 0 Å². The number of likely N-dealkylation sites (N-methyl/N-ethyl adjacent to an activating group) is 1. The van der Waals surface area contributed by atoms with Crippen LogP contribution in [0, 0.1) is 18.2 Å². The lowest BCUT2D eigenvalue weighted by Gasteiger charge is -2.25. The minimum atomic E-state index is -0.335. The van der Waals surface area contributed by atoms with Gasteiger partial charge in [-0.1, -0.05) is 6.07 Å². The van der Waals surface area contributed by atoms with Crippen molar-refractivity contribution in [3.63, 3.8) is 0 Å². The quantitative estimate of drug-likeness (QED) is 0.136. The number of hydrogen-bond acceptors (Lipinski definition) is 7. The molecule has 0 radical (unpaired) electrons. The summed E-state index contributed by atoms with van der Waals surface area (Å²) in [6.07, 6.45) is 5.35. The van der Waals surface area contributed by atoms with Gasteiger partial charge in [-0.05, 0) is 79.5 Å². The molecule has 8 nitrogen and oxygen atoms in total. The number of rotatable bonds is 15. The normalized spacial score (nSPS) is 11.8. The fraction of sp³-hybridized carbons (Fsp3) is 0.333. The minimum absolute atomic E-state index is 0.285. The van der Waals surface area contributed by atoms with Crippen LogP contribution in [0.25, 0.3) is 11.1 Å². The zero-order valence-corrected chi connectivity index (χ0v) is 25.5. The third-order valence-electron chi connectivity index (χ3n) is 6.62. The van der Waals surface area contributed by atoms with Gasteiger partial charge in [-0.15, -0.1) is 0 Å². The predicted octanol–water partition coefficient (Wildman–Crippen LogP) is 5.97. The summed E-state index contributed by atoms with van der Waals surface area (Å²) >= 11 is 0. The fourth-order valence-electron chi connectivity index (χ4n) is 4.74. The Hall–Kier alpha value is -4.37. The Morgan fingerprint density at radius 3 is 2.14 bits per heavy atom. The molecule has 0 spiro atoms. The molecule has 9 heteroatoms. The molecule has 0 heterocycles. The van der Waals surface area contributed by atoms with Crippen LogP contribution in [-0.2, 0) is 13.1 Å². The first-order valence-corrected chi connectivity index (χ1v) is 13.6. The summed E-state index contributed by atoms with van der Waals surface area (Å²) in [5.74, 6) is 1.54. The largest absolute Gasteiger partial charge is 0.497 e. The molecule has 0 bridgehead atoms. The van der Waals surface area contributed by atoms with Crippen LogP contribution in [-0.4, -0.2) is 75.3 Å².